The molecule has 0 radical (unpaired) electrons. The van der Waals surface area contributed by atoms with E-state index >= 15 is 0 Å². The van der Waals surface area contributed by atoms with Crippen LogP contribution >= 0.6 is 0 Å². The smallest absolute Gasteiger partial charge is 0.0981 e. The van der Waals surface area contributed by atoms with E-state index < -0.39 is 5.60 Å². The van der Waals surface area contributed by atoms with Gasteiger partial charge >= 0.3 is 0 Å². The first-order valence-corrected chi connectivity index (χ1v) is 6.11. The summed E-state index contributed by atoms with van der Waals surface area (Å²) < 4.78 is 0. The summed E-state index contributed by atoms with van der Waals surface area (Å²) in [5, 5.41) is 19.7. The van der Waals surface area contributed by atoms with Crippen molar-refractivity contribution in [1.82, 2.24) is 0 Å². The predicted molar refractivity (Wildman–Crippen MR) is 71.7 cm³/mol. The zero-order chi connectivity index (χ0) is 13.3. The first kappa shape index (κ1) is 14.2. The van der Waals surface area contributed by atoms with E-state index in [1.54, 1.807) is 13.0 Å². The quantitative estimate of drug-likeness (QED) is 0.740. The van der Waals surface area contributed by atoms with Crippen molar-refractivity contribution in [1.29, 1.82) is 0 Å². The van der Waals surface area contributed by atoms with Gasteiger partial charge in [0.15, 0.2) is 0 Å². The zero-order valence-corrected chi connectivity index (χ0v) is 11.3. The number of aliphatic hydroxyl groups is 2. The van der Waals surface area contributed by atoms with Crippen LogP contribution in [-0.4, -0.2) is 21.9 Å². The highest BCUT2D eigenvalue weighted by Crippen LogP contribution is 2.41. The van der Waals surface area contributed by atoms with Gasteiger partial charge in [-0.3, -0.25) is 0 Å². The fourth-order valence-corrected chi connectivity index (χ4v) is 2.50. The molecule has 2 unspecified atom stereocenters. The van der Waals surface area contributed by atoms with Crippen LogP contribution in [0.25, 0.3) is 0 Å². The van der Waals surface area contributed by atoms with Gasteiger partial charge in [-0.1, -0.05) is 38.2 Å². The van der Waals surface area contributed by atoms with Gasteiger partial charge in [0.25, 0.3) is 0 Å². The van der Waals surface area contributed by atoms with Crippen molar-refractivity contribution in [2.45, 2.75) is 52.2 Å². The third kappa shape index (κ3) is 3.55. The van der Waals surface area contributed by atoms with Gasteiger partial charge in [0, 0.05) is 0 Å². The number of hydrogen-bond donors (Lipinski definition) is 2. The number of hydrogen-bond acceptors (Lipinski definition) is 2. The fraction of sp³-hybridized carbons (Fsp3) is 0.600. The Kier molecular flexibility index (Phi) is 4.00. The van der Waals surface area contributed by atoms with Gasteiger partial charge in [0.2, 0.25) is 0 Å². The van der Waals surface area contributed by atoms with Crippen molar-refractivity contribution in [3.8, 4) is 0 Å². The highest BCUT2D eigenvalue weighted by atomic mass is 16.3. The minimum absolute atomic E-state index is 0.0461. The molecular weight excluding hydrogens is 212 g/mol. The molecule has 0 aromatic rings. The second-order valence-electron chi connectivity index (χ2n) is 5.90. The molecule has 0 saturated carbocycles. The number of allylic oxidation sites excluding steroid dienone is 2. The second-order valence-corrected chi connectivity index (χ2v) is 5.90. The van der Waals surface area contributed by atoms with E-state index in [0.717, 1.165) is 12.8 Å². The maximum atomic E-state index is 9.89. The van der Waals surface area contributed by atoms with Gasteiger partial charge in [-0.2, -0.15) is 0 Å². The Bertz CT molecular complexity index is 359. The van der Waals surface area contributed by atoms with Gasteiger partial charge in [0.05, 0.1) is 11.7 Å². The van der Waals surface area contributed by atoms with Crippen LogP contribution in [0.15, 0.2) is 36.0 Å². The molecule has 1 aliphatic rings. The zero-order valence-electron chi connectivity index (χ0n) is 11.3. The molecule has 0 fully saturated rings. The molecule has 2 heteroatoms. The SMILES string of the molecule is C=CC(C)(O)/C=C/C1=C(C)CC(O)CC1(C)C. The Balaban J connectivity index is 3.03. The maximum absolute atomic E-state index is 9.89. The monoisotopic (exact) mass is 236 g/mol. The fourth-order valence-electron chi connectivity index (χ4n) is 2.50. The minimum atomic E-state index is -0.973. The lowest BCUT2D eigenvalue weighted by atomic mass is 9.71. The van der Waals surface area contributed by atoms with Gasteiger partial charge in [-0.15, -0.1) is 0 Å². The summed E-state index contributed by atoms with van der Waals surface area (Å²) in [6.07, 6.45) is 6.49. The van der Waals surface area contributed by atoms with E-state index in [1.165, 1.54) is 17.2 Å². The molecule has 0 saturated heterocycles. The number of rotatable bonds is 3. The van der Waals surface area contributed by atoms with Crippen LogP contribution in [-0.2, 0) is 0 Å². The summed E-state index contributed by atoms with van der Waals surface area (Å²) in [5.74, 6) is 0. The Hall–Kier alpha value is -0.860. The average molecular weight is 236 g/mol. The van der Waals surface area contributed by atoms with Crippen LogP contribution in [0.3, 0.4) is 0 Å². The van der Waals surface area contributed by atoms with Crippen molar-refractivity contribution in [3.05, 3.63) is 36.0 Å². The minimum Gasteiger partial charge on any atom is -0.393 e. The highest BCUT2D eigenvalue weighted by molar-refractivity contribution is 5.35. The van der Waals surface area contributed by atoms with Crippen LogP contribution < -0.4 is 0 Å². The summed E-state index contributed by atoms with van der Waals surface area (Å²) >= 11 is 0. The number of aliphatic hydroxyl groups excluding tert-OH is 1. The topological polar surface area (TPSA) is 40.5 Å². The molecule has 1 aliphatic carbocycles. The molecule has 0 heterocycles. The molecule has 2 nitrogen and oxygen atoms in total. The third-order valence-corrected chi connectivity index (χ3v) is 3.48. The molecule has 1 rings (SSSR count). The molecule has 17 heavy (non-hydrogen) atoms. The van der Waals surface area contributed by atoms with Crippen molar-refractivity contribution in [2.75, 3.05) is 0 Å². The summed E-state index contributed by atoms with van der Waals surface area (Å²) in [6, 6.07) is 0. The Morgan fingerprint density at radius 3 is 2.53 bits per heavy atom. The van der Waals surface area contributed by atoms with Gasteiger partial charge < -0.3 is 10.2 Å². The molecule has 0 bridgehead atoms. The molecule has 0 aromatic heterocycles. The van der Waals surface area contributed by atoms with E-state index in [9.17, 15) is 10.2 Å². The van der Waals surface area contributed by atoms with Crippen molar-refractivity contribution in [2.24, 2.45) is 5.41 Å². The maximum Gasteiger partial charge on any atom is 0.0981 e. The standard InChI is InChI=1S/C15H24O2/c1-6-15(5,17)8-7-13-11(2)9-12(16)10-14(13,3)4/h6-8,12,16-17H,1,9-10H2,2-5H3/b8-7+. The molecular formula is C15H24O2. The summed E-state index contributed by atoms with van der Waals surface area (Å²) in [6.45, 7) is 11.6. The van der Waals surface area contributed by atoms with Crippen molar-refractivity contribution < 1.29 is 10.2 Å². The van der Waals surface area contributed by atoms with E-state index in [0.29, 0.717) is 0 Å². The van der Waals surface area contributed by atoms with Crippen LogP contribution in [0, 0.1) is 5.41 Å². The summed E-state index contributed by atoms with van der Waals surface area (Å²) in [7, 11) is 0. The Morgan fingerprint density at radius 1 is 1.47 bits per heavy atom. The van der Waals surface area contributed by atoms with Crippen molar-refractivity contribution in [3.63, 3.8) is 0 Å². The predicted octanol–water partition coefficient (Wildman–Crippen LogP) is 2.98. The van der Waals surface area contributed by atoms with Gasteiger partial charge in [-0.05, 0) is 43.8 Å². The van der Waals surface area contributed by atoms with Gasteiger partial charge in [-0.25, -0.2) is 0 Å². The molecule has 2 N–H and O–H groups in total. The van der Waals surface area contributed by atoms with Crippen molar-refractivity contribution >= 4 is 0 Å². The summed E-state index contributed by atoms with van der Waals surface area (Å²) in [4.78, 5) is 0. The lowest BCUT2D eigenvalue weighted by molar-refractivity contribution is 0.116. The lowest BCUT2D eigenvalue weighted by Gasteiger charge is -2.36. The van der Waals surface area contributed by atoms with Crippen LogP contribution in [0.1, 0.15) is 40.5 Å². The average Bonchev–Trinajstić information content (AvgIpc) is 2.14. The molecule has 0 aliphatic heterocycles. The summed E-state index contributed by atoms with van der Waals surface area (Å²) in [5.41, 5.74) is 1.39. The van der Waals surface area contributed by atoms with E-state index in [-0.39, 0.29) is 11.5 Å². The van der Waals surface area contributed by atoms with Crippen LogP contribution in [0.2, 0.25) is 0 Å². The lowest BCUT2D eigenvalue weighted by Crippen LogP contribution is -2.28. The van der Waals surface area contributed by atoms with Gasteiger partial charge in [0.1, 0.15) is 0 Å². The molecule has 0 aromatic carbocycles. The first-order chi connectivity index (χ1) is 7.68. The van der Waals surface area contributed by atoms with Crippen LogP contribution in [0.4, 0.5) is 0 Å². The largest absolute Gasteiger partial charge is 0.393 e. The Labute approximate surface area is 104 Å². The molecule has 0 spiro atoms. The second kappa shape index (κ2) is 4.79. The normalized spacial score (nSPS) is 28.2. The third-order valence-electron chi connectivity index (χ3n) is 3.48. The highest BCUT2D eigenvalue weighted by Gasteiger charge is 2.31. The molecule has 96 valence electrons. The Morgan fingerprint density at radius 2 is 2.06 bits per heavy atom. The molecule has 2 atom stereocenters. The first-order valence-electron chi connectivity index (χ1n) is 6.11. The molecule has 0 amide bonds. The van der Waals surface area contributed by atoms with E-state index in [1.807, 2.05) is 13.0 Å². The van der Waals surface area contributed by atoms with Crippen LogP contribution in [0.5, 0.6) is 0 Å². The van der Waals surface area contributed by atoms with E-state index in [2.05, 4.69) is 20.4 Å². The van der Waals surface area contributed by atoms with E-state index in [4.69, 9.17) is 0 Å².